The van der Waals surface area contributed by atoms with E-state index in [0.717, 1.165) is 23.9 Å². The number of hydrogen-bond donors (Lipinski definition) is 0. The number of benzene rings is 2. The summed E-state index contributed by atoms with van der Waals surface area (Å²) >= 11 is 0.945. The van der Waals surface area contributed by atoms with Gasteiger partial charge in [0.2, 0.25) is 0 Å². The van der Waals surface area contributed by atoms with E-state index in [-0.39, 0.29) is 9.79 Å². The molecule has 1 heterocycles. The minimum absolute atomic E-state index is 0.0883. The average Bonchev–Trinajstić information content (AvgIpc) is 2.69. The molecule has 0 radical (unpaired) electrons. The highest BCUT2D eigenvalue weighted by molar-refractivity contribution is 8.04. The lowest BCUT2D eigenvalue weighted by Gasteiger charge is -2.33. The summed E-state index contributed by atoms with van der Waals surface area (Å²) in [5.74, 6) is -13.6. The number of rotatable bonds is 3. The van der Waals surface area contributed by atoms with Crippen LogP contribution in [0.3, 0.4) is 0 Å². The molecule has 0 unspecified atom stereocenters. The van der Waals surface area contributed by atoms with E-state index in [4.69, 9.17) is 13.0 Å². The van der Waals surface area contributed by atoms with E-state index in [1.54, 1.807) is 0 Å². The van der Waals surface area contributed by atoms with E-state index < -0.39 is 59.6 Å². The Bertz CT molecular complexity index is 1130. The highest BCUT2D eigenvalue weighted by atomic mass is 32.2. The second-order valence-electron chi connectivity index (χ2n) is 6.36. The number of halogens is 12. The quantitative estimate of drug-likeness (QED) is 0.175. The molecular weight excluding hydrogens is 576 g/mol. The smallest absolute Gasteiger partial charge is 0.491 e. The second-order valence-corrected chi connectivity index (χ2v) is 10.8. The highest BCUT2D eigenvalue weighted by Gasteiger charge is 2.88. The molecule has 18 heteroatoms. The Balaban J connectivity index is 0.000000466. The molecule has 0 atom stereocenters. The summed E-state index contributed by atoms with van der Waals surface area (Å²) in [6.45, 7) is 0. The molecule has 0 aromatic heterocycles. The summed E-state index contributed by atoms with van der Waals surface area (Å²) in [6.07, 6.45) is -6.84. The van der Waals surface area contributed by atoms with Crippen LogP contribution in [0.15, 0.2) is 68.1 Å². The van der Waals surface area contributed by atoms with Crippen molar-refractivity contribution in [1.29, 1.82) is 0 Å². The normalized spacial score (nSPS) is 15.6. The first-order valence-electron chi connectivity index (χ1n) is 8.40. The van der Waals surface area contributed by atoms with Gasteiger partial charge in [-0.25, -0.2) is 8.42 Å². The third-order valence-electron chi connectivity index (χ3n) is 4.01. The average molecular weight is 584 g/mol. The largest absolute Gasteiger partial charge is 0.741 e. The maximum atomic E-state index is 14.7. The number of fused-ring (bicyclic) bond motifs is 2. The summed E-state index contributed by atoms with van der Waals surface area (Å²) in [5, 5.41) is -5.70. The van der Waals surface area contributed by atoms with Crippen molar-refractivity contribution in [3.8, 4) is 0 Å². The van der Waals surface area contributed by atoms with Crippen molar-refractivity contribution in [1.82, 2.24) is 0 Å². The fraction of sp³-hybridized carbons (Fsp3) is 0.294. The van der Waals surface area contributed by atoms with Gasteiger partial charge in [0.25, 0.3) is 0 Å². The van der Waals surface area contributed by atoms with Crippen LogP contribution in [-0.2, 0) is 21.0 Å². The van der Waals surface area contributed by atoms with Crippen LogP contribution in [0.4, 0.5) is 52.7 Å². The molecule has 1 aliphatic heterocycles. The summed E-state index contributed by atoms with van der Waals surface area (Å²) in [5.41, 5.74) is -5.65. The summed E-state index contributed by atoms with van der Waals surface area (Å²) in [4.78, 5) is -0.650. The standard InChI is InChI=1S/C16H8F9S2.CHF3O3S/c17-13(18,15(21,22)23)14(19,20)16(24,25)27-11-7-3-1-5-9(11)26-10-6-2-4-8-12(10)27;2-1(3,4)8(5,6)7/h1-8H;(H,5,6,7)/q+1;/p-1. The van der Waals surface area contributed by atoms with Crippen LogP contribution in [0.2, 0.25) is 0 Å². The Kier molecular flexibility index (Phi) is 7.79. The molecule has 0 amide bonds. The van der Waals surface area contributed by atoms with Crippen molar-refractivity contribution >= 4 is 32.8 Å². The maximum Gasteiger partial charge on any atom is 0.491 e. The molecule has 0 spiro atoms. The zero-order valence-electron chi connectivity index (χ0n) is 16.1. The van der Waals surface area contributed by atoms with Crippen LogP contribution < -0.4 is 0 Å². The zero-order valence-corrected chi connectivity index (χ0v) is 18.6. The van der Waals surface area contributed by atoms with Gasteiger partial charge in [-0.3, -0.25) is 0 Å². The van der Waals surface area contributed by atoms with Crippen LogP contribution in [0.25, 0.3) is 0 Å². The molecule has 196 valence electrons. The first kappa shape index (κ1) is 29.4. The fourth-order valence-corrected chi connectivity index (χ4v) is 6.17. The van der Waals surface area contributed by atoms with E-state index >= 15 is 0 Å². The van der Waals surface area contributed by atoms with Gasteiger partial charge in [-0.1, -0.05) is 36.0 Å². The molecule has 1 aliphatic rings. The lowest BCUT2D eigenvalue weighted by Crippen LogP contribution is -2.63. The fourth-order valence-electron chi connectivity index (χ4n) is 2.41. The molecule has 35 heavy (non-hydrogen) atoms. The maximum absolute atomic E-state index is 14.7. The van der Waals surface area contributed by atoms with Crippen LogP contribution in [0, 0.1) is 0 Å². The van der Waals surface area contributed by atoms with Gasteiger partial charge in [0.15, 0.2) is 19.9 Å². The van der Waals surface area contributed by atoms with Gasteiger partial charge < -0.3 is 4.55 Å². The molecule has 0 aliphatic carbocycles. The molecule has 0 N–H and O–H groups in total. The SMILES string of the molecule is FC(F)(F)C(F)(F)C(F)(F)C(F)(F)[S+]1c2ccccc2Sc2ccccc21.O=S(=O)([O-])C(F)(F)F. The third kappa shape index (κ3) is 5.34. The Hall–Kier alpha value is -1.79. The predicted octanol–water partition coefficient (Wildman–Crippen LogP) is 6.66. The Morgan fingerprint density at radius 2 is 1.00 bits per heavy atom. The second kappa shape index (κ2) is 9.26. The van der Waals surface area contributed by atoms with Gasteiger partial charge in [-0.05, 0) is 24.3 Å². The molecule has 3 nitrogen and oxygen atoms in total. The molecular formula is C17H8F12O3S3. The van der Waals surface area contributed by atoms with Crippen molar-refractivity contribution < 1.29 is 65.7 Å². The number of hydrogen-bond acceptors (Lipinski definition) is 4. The van der Waals surface area contributed by atoms with Crippen LogP contribution in [-0.4, -0.2) is 41.8 Å². The van der Waals surface area contributed by atoms with Gasteiger partial charge in [0.05, 0.1) is 9.79 Å². The molecule has 3 rings (SSSR count). The van der Waals surface area contributed by atoms with Crippen molar-refractivity contribution in [2.45, 2.75) is 48.4 Å². The molecule has 2 aromatic carbocycles. The van der Waals surface area contributed by atoms with Gasteiger partial charge in [0, 0.05) is 0 Å². The van der Waals surface area contributed by atoms with Crippen molar-refractivity contribution in [2.75, 3.05) is 0 Å². The van der Waals surface area contributed by atoms with E-state index in [9.17, 15) is 52.7 Å². The topological polar surface area (TPSA) is 57.2 Å². The lowest BCUT2D eigenvalue weighted by molar-refractivity contribution is -0.381. The molecule has 0 saturated heterocycles. The van der Waals surface area contributed by atoms with Gasteiger partial charge in [-0.2, -0.15) is 43.9 Å². The van der Waals surface area contributed by atoms with Gasteiger partial charge >= 0.3 is 28.8 Å². The molecule has 0 bridgehead atoms. The predicted molar refractivity (Wildman–Crippen MR) is 97.6 cm³/mol. The summed E-state index contributed by atoms with van der Waals surface area (Å²) in [6, 6.07) is 9.96. The highest BCUT2D eigenvalue weighted by Crippen LogP contribution is 2.60. The molecule has 2 aromatic rings. The minimum atomic E-state index is -6.91. The van der Waals surface area contributed by atoms with Crippen LogP contribution in [0.1, 0.15) is 0 Å². The van der Waals surface area contributed by atoms with Crippen molar-refractivity contribution in [3.05, 3.63) is 48.5 Å². The molecule has 0 saturated carbocycles. The van der Waals surface area contributed by atoms with Crippen molar-refractivity contribution in [2.24, 2.45) is 0 Å². The lowest BCUT2D eigenvalue weighted by atomic mass is 10.1. The van der Waals surface area contributed by atoms with E-state index in [1.165, 1.54) is 36.4 Å². The first-order valence-corrected chi connectivity index (χ1v) is 11.8. The minimum Gasteiger partial charge on any atom is -0.741 e. The third-order valence-corrected chi connectivity index (χ3v) is 8.35. The Morgan fingerprint density at radius 3 is 1.31 bits per heavy atom. The zero-order chi connectivity index (χ0) is 27.3. The van der Waals surface area contributed by atoms with E-state index in [1.807, 2.05) is 0 Å². The Labute approximate surface area is 195 Å². The monoisotopic (exact) mass is 584 g/mol. The van der Waals surface area contributed by atoms with Gasteiger partial charge in [0.1, 0.15) is 10.9 Å². The molecule has 0 fully saturated rings. The Morgan fingerprint density at radius 1 is 0.657 bits per heavy atom. The van der Waals surface area contributed by atoms with Crippen LogP contribution >= 0.6 is 11.8 Å². The first-order chi connectivity index (χ1) is 15.6. The van der Waals surface area contributed by atoms with Gasteiger partial charge in [-0.15, -0.1) is 8.78 Å². The van der Waals surface area contributed by atoms with Crippen LogP contribution in [0.5, 0.6) is 0 Å². The summed E-state index contributed by atoms with van der Waals surface area (Å²) < 4.78 is 181. The summed E-state index contributed by atoms with van der Waals surface area (Å²) in [7, 11) is -9.13. The van der Waals surface area contributed by atoms with Crippen molar-refractivity contribution in [3.63, 3.8) is 0 Å². The van der Waals surface area contributed by atoms with E-state index in [0.29, 0.717) is 0 Å². The number of alkyl halides is 12. The van der Waals surface area contributed by atoms with E-state index in [2.05, 4.69) is 0 Å².